The molecule has 0 bridgehead atoms. The van der Waals surface area contributed by atoms with Crippen LogP contribution in [-0.4, -0.2) is 42.7 Å². The molecule has 2 heterocycles. The average Bonchev–Trinajstić information content (AvgIpc) is 2.30. The fraction of sp³-hybridized carbons (Fsp3) is 0.545. The predicted molar refractivity (Wildman–Crippen MR) is 62.9 cm³/mol. The molecule has 0 radical (unpaired) electrons. The maximum absolute atomic E-state index is 5.30. The first kappa shape index (κ1) is 11.0. The molecular weight excluding hydrogens is 256 g/mol. The molecule has 0 aliphatic carbocycles. The van der Waals surface area contributed by atoms with Crippen molar-refractivity contribution in [3.8, 4) is 0 Å². The Morgan fingerprint density at radius 1 is 1.33 bits per heavy atom. The quantitative estimate of drug-likeness (QED) is 0.837. The van der Waals surface area contributed by atoms with Crippen molar-refractivity contribution in [2.45, 2.75) is 6.42 Å². The van der Waals surface area contributed by atoms with Gasteiger partial charge in [0.1, 0.15) is 0 Å². The number of hydrogen-bond acceptors (Lipinski definition) is 3. The van der Waals surface area contributed by atoms with E-state index in [-0.39, 0.29) is 0 Å². The molecule has 3 nitrogen and oxygen atoms in total. The van der Waals surface area contributed by atoms with Crippen LogP contribution in [0.3, 0.4) is 0 Å². The summed E-state index contributed by atoms with van der Waals surface area (Å²) < 4.78 is 6.34. The second-order valence-electron chi connectivity index (χ2n) is 3.67. The van der Waals surface area contributed by atoms with Gasteiger partial charge in [-0.25, -0.2) is 0 Å². The van der Waals surface area contributed by atoms with E-state index in [4.69, 9.17) is 4.74 Å². The van der Waals surface area contributed by atoms with Gasteiger partial charge in [-0.1, -0.05) is 0 Å². The van der Waals surface area contributed by atoms with E-state index in [9.17, 15) is 0 Å². The van der Waals surface area contributed by atoms with Crippen molar-refractivity contribution in [2.75, 3.05) is 32.8 Å². The van der Waals surface area contributed by atoms with Crippen LogP contribution in [0.4, 0.5) is 0 Å². The van der Waals surface area contributed by atoms with E-state index in [2.05, 4.69) is 31.9 Å². The maximum atomic E-state index is 5.30. The van der Waals surface area contributed by atoms with E-state index < -0.39 is 0 Å². The zero-order chi connectivity index (χ0) is 10.5. The van der Waals surface area contributed by atoms with Crippen molar-refractivity contribution < 1.29 is 4.74 Å². The largest absolute Gasteiger partial charge is 0.379 e. The molecule has 1 aliphatic rings. The number of rotatable bonds is 3. The molecule has 1 saturated heterocycles. The van der Waals surface area contributed by atoms with Gasteiger partial charge in [0.2, 0.25) is 0 Å². The van der Waals surface area contributed by atoms with Crippen LogP contribution < -0.4 is 0 Å². The number of aromatic nitrogens is 1. The molecule has 0 atom stereocenters. The molecular formula is C11H15BrN2O. The number of morpholine rings is 1. The summed E-state index contributed by atoms with van der Waals surface area (Å²) in [4.78, 5) is 6.78. The zero-order valence-corrected chi connectivity index (χ0v) is 10.2. The van der Waals surface area contributed by atoms with Crippen LogP contribution in [0.15, 0.2) is 22.8 Å². The summed E-state index contributed by atoms with van der Waals surface area (Å²) in [5, 5.41) is 0. The van der Waals surface area contributed by atoms with Crippen LogP contribution in [-0.2, 0) is 11.2 Å². The van der Waals surface area contributed by atoms with Crippen molar-refractivity contribution in [3.63, 3.8) is 0 Å². The Morgan fingerprint density at radius 2 is 2.13 bits per heavy atom. The van der Waals surface area contributed by atoms with Crippen LogP contribution in [0.5, 0.6) is 0 Å². The topological polar surface area (TPSA) is 25.4 Å². The lowest BCUT2D eigenvalue weighted by atomic mass is 10.2. The SMILES string of the molecule is Brc1ccc(CCN2CCOCC2)nc1. The molecule has 15 heavy (non-hydrogen) atoms. The van der Waals surface area contributed by atoms with E-state index in [1.54, 1.807) is 0 Å². The van der Waals surface area contributed by atoms with E-state index in [1.807, 2.05) is 12.3 Å². The molecule has 82 valence electrons. The molecule has 0 amide bonds. The minimum atomic E-state index is 0.869. The van der Waals surface area contributed by atoms with Gasteiger partial charge in [0, 0.05) is 42.4 Å². The second-order valence-corrected chi connectivity index (χ2v) is 4.59. The van der Waals surface area contributed by atoms with Crippen molar-refractivity contribution in [3.05, 3.63) is 28.5 Å². The molecule has 2 rings (SSSR count). The van der Waals surface area contributed by atoms with Gasteiger partial charge in [0.25, 0.3) is 0 Å². The van der Waals surface area contributed by atoms with Crippen molar-refractivity contribution in [1.82, 2.24) is 9.88 Å². The molecule has 0 N–H and O–H groups in total. The average molecular weight is 271 g/mol. The van der Waals surface area contributed by atoms with Crippen LogP contribution >= 0.6 is 15.9 Å². The highest BCUT2D eigenvalue weighted by Crippen LogP contribution is 2.08. The van der Waals surface area contributed by atoms with Crippen LogP contribution in [0.25, 0.3) is 0 Å². The number of pyridine rings is 1. The Balaban J connectivity index is 1.79. The maximum Gasteiger partial charge on any atom is 0.0594 e. The lowest BCUT2D eigenvalue weighted by molar-refractivity contribution is 0.0383. The first-order valence-corrected chi connectivity index (χ1v) is 6.04. The number of ether oxygens (including phenoxy) is 1. The van der Waals surface area contributed by atoms with Crippen molar-refractivity contribution in [1.29, 1.82) is 0 Å². The summed E-state index contributed by atoms with van der Waals surface area (Å²) in [6, 6.07) is 4.12. The Hall–Kier alpha value is -0.450. The molecule has 0 aromatic carbocycles. The van der Waals surface area contributed by atoms with Crippen LogP contribution in [0.1, 0.15) is 5.69 Å². The summed E-state index contributed by atoms with van der Waals surface area (Å²) in [5.41, 5.74) is 1.16. The fourth-order valence-electron chi connectivity index (χ4n) is 1.65. The molecule has 1 aromatic rings. The summed E-state index contributed by atoms with van der Waals surface area (Å²) in [6.45, 7) is 4.92. The van der Waals surface area contributed by atoms with Gasteiger partial charge in [-0.2, -0.15) is 0 Å². The normalized spacial score (nSPS) is 17.9. The fourth-order valence-corrected chi connectivity index (χ4v) is 1.89. The third-order valence-corrected chi connectivity index (χ3v) is 3.05. The highest BCUT2D eigenvalue weighted by atomic mass is 79.9. The number of hydrogen-bond donors (Lipinski definition) is 0. The lowest BCUT2D eigenvalue weighted by Gasteiger charge is -2.26. The third kappa shape index (κ3) is 3.55. The summed E-state index contributed by atoms with van der Waals surface area (Å²) >= 11 is 3.38. The Kier molecular flexibility index (Phi) is 4.11. The van der Waals surface area contributed by atoms with Gasteiger partial charge in [-0.15, -0.1) is 0 Å². The first-order valence-electron chi connectivity index (χ1n) is 5.25. The minimum absolute atomic E-state index is 0.869. The van der Waals surface area contributed by atoms with Crippen molar-refractivity contribution in [2.24, 2.45) is 0 Å². The minimum Gasteiger partial charge on any atom is -0.379 e. The van der Waals surface area contributed by atoms with Gasteiger partial charge >= 0.3 is 0 Å². The van der Waals surface area contributed by atoms with E-state index in [0.717, 1.165) is 49.4 Å². The summed E-state index contributed by atoms with van der Waals surface area (Å²) in [5.74, 6) is 0. The molecule has 1 fully saturated rings. The lowest BCUT2D eigenvalue weighted by Crippen LogP contribution is -2.37. The van der Waals surface area contributed by atoms with Crippen LogP contribution in [0.2, 0.25) is 0 Å². The zero-order valence-electron chi connectivity index (χ0n) is 8.66. The Morgan fingerprint density at radius 3 is 2.80 bits per heavy atom. The second kappa shape index (κ2) is 5.58. The molecule has 1 aromatic heterocycles. The van der Waals surface area contributed by atoms with E-state index in [1.165, 1.54) is 0 Å². The highest BCUT2D eigenvalue weighted by molar-refractivity contribution is 9.10. The molecule has 0 spiro atoms. The van der Waals surface area contributed by atoms with E-state index >= 15 is 0 Å². The van der Waals surface area contributed by atoms with Crippen LogP contribution in [0, 0.1) is 0 Å². The first-order chi connectivity index (χ1) is 7.34. The van der Waals surface area contributed by atoms with Crippen molar-refractivity contribution >= 4 is 15.9 Å². The number of nitrogens with zero attached hydrogens (tertiary/aromatic N) is 2. The Bertz CT molecular complexity index is 296. The highest BCUT2D eigenvalue weighted by Gasteiger charge is 2.09. The third-order valence-electron chi connectivity index (χ3n) is 2.58. The van der Waals surface area contributed by atoms with Gasteiger partial charge < -0.3 is 4.74 Å². The standard InChI is InChI=1S/C11H15BrN2O/c12-10-1-2-11(13-9-10)3-4-14-5-7-15-8-6-14/h1-2,9H,3-8H2. The summed E-state index contributed by atoms with van der Waals surface area (Å²) in [6.07, 6.45) is 2.88. The van der Waals surface area contributed by atoms with Gasteiger partial charge in [0.05, 0.1) is 13.2 Å². The van der Waals surface area contributed by atoms with Gasteiger partial charge in [-0.05, 0) is 28.1 Å². The summed E-state index contributed by atoms with van der Waals surface area (Å²) in [7, 11) is 0. The van der Waals surface area contributed by atoms with Gasteiger partial charge in [-0.3, -0.25) is 9.88 Å². The molecule has 4 heteroatoms. The molecule has 0 saturated carbocycles. The Labute approximate surface area is 98.6 Å². The molecule has 0 unspecified atom stereocenters. The van der Waals surface area contributed by atoms with E-state index in [0.29, 0.717) is 0 Å². The van der Waals surface area contributed by atoms with Gasteiger partial charge in [0.15, 0.2) is 0 Å². The molecule has 1 aliphatic heterocycles. The predicted octanol–water partition coefficient (Wildman–Crippen LogP) is 1.72. The number of halogens is 1. The monoisotopic (exact) mass is 270 g/mol. The smallest absolute Gasteiger partial charge is 0.0594 e.